The standard InChI is InChI=1S/C13H20N4O2S/c1-2-8-20(18,19)17-10-13(11-17)4-7-16(9-13)12-14-5-3-6-15-12/h3,5-6H,2,4,7-11H2,1H3. The fourth-order valence-electron chi connectivity index (χ4n) is 3.10. The molecule has 2 saturated heterocycles. The highest BCUT2D eigenvalue weighted by Gasteiger charge is 2.51. The molecule has 1 aromatic heterocycles. The van der Waals surface area contributed by atoms with Crippen molar-refractivity contribution in [1.82, 2.24) is 14.3 Å². The first-order valence-corrected chi connectivity index (χ1v) is 8.65. The predicted molar refractivity (Wildman–Crippen MR) is 76.9 cm³/mol. The smallest absolute Gasteiger partial charge is 0.225 e. The zero-order chi connectivity index (χ0) is 14.2. The van der Waals surface area contributed by atoms with Gasteiger partial charge in [-0.2, -0.15) is 0 Å². The van der Waals surface area contributed by atoms with E-state index in [4.69, 9.17) is 0 Å². The van der Waals surface area contributed by atoms with E-state index in [1.54, 1.807) is 22.8 Å². The molecule has 0 aliphatic carbocycles. The Morgan fingerprint density at radius 2 is 1.95 bits per heavy atom. The molecule has 1 aromatic rings. The van der Waals surface area contributed by atoms with Gasteiger partial charge in [0.1, 0.15) is 0 Å². The van der Waals surface area contributed by atoms with Gasteiger partial charge in [0, 0.05) is 44.0 Å². The molecule has 6 nitrogen and oxygen atoms in total. The summed E-state index contributed by atoms with van der Waals surface area (Å²) in [7, 11) is -3.04. The summed E-state index contributed by atoms with van der Waals surface area (Å²) in [5, 5.41) is 0. The van der Waals surface area contributed by atoms with E-state index in [9.17, 15) is 8.42 Å². The van der Waals surface area contributed by atoms with Gasteiger partial charge in [-0.1, -0.05) is 6.92 Å². The summed E-state index contributed by atoms with van der Waals surface area (Å²) in [6, 6.07) is 1.80. The molecule has 0 N–H and O–H groups in total. The maximum Gasteiger partial charge on any atom is 0.225 e. The molecule has 0 saturated carbocycles. The summed E-state index contributed by atoms with van der Waals surface area (Å²) in [5.41, 5.74) is 0.111. The van der Waals surface area contributed by atoms with E-state index in [2.05, 4.69) is 14.9 Å². The van der Waals surface area contributed by atoms with Gasteiger partial charge in [-0.3, -0.25) is 0 Å². The van der Waals surface area contributed by atoms with Crippen molar-refractivity contribution in [3.8, 4) is 0 Å². The van der Waals surface area contributed by atoms with E-state index < -0.39 is 10.0 Å². The molecule has 110 valence electrons. The average Bonchev–Trinajstić information content (AvgIpc) is 2.83. The molecule has 20 heavy (non-hydrogen) atoms. The van der Waals surface area contributed by atoms with Crippen molar-refractivity contribution in [1.29, 1.82) is 0 Å². The van der Waals surface area contributed by atoms with Crippen LogP contribution in [0.5, 0.6) is 0 Å². The average molecular weight is 296 g/mol. The molecular weight excluding hydrogens is 276 g/mol. The van der Waals surface area contributed by atoms with Gasteiger partial charge in [0.05, 0.1) is 5.75 Å². The van der Waals surface area contributed by atoms with E-state index in [1.165, 1.54) is 0 Å². The first-order chi connectivity index (χ1) is 9.55. The molecule has 7 heteroatoms. The van der Waals surface area contributed by atoms with E-state index in [0.29, 0.717) is 19.5 Å². The van der Waals surface area contributed by atoms with Crippen LogP contribution in [-0.2, 0) is 10.0 Å². The molecule has 2 fully saturated rings. The minimum atomic E-state index is -3.04. The first kappa shape index (κ1) is 13.8. The van der Waals surface area contributed by atoms with Crippen molar-refractivity contribution in [3.05, 3.63) is 18.5 Å². The normalized spacial score (nSPS) is 22.1. The van der Waals surface area contributed by atoms with Crippen LogP contribution < -0.4 is 4.90 Å². The quantitative estimate of drug-likeness (QED) is 0.819. The number of rotatable bonds is 4. The highest BCUT2D eigenvalue weighted by atomic mass is 32.2. The van der Waals surface area contributed by atoms with Crippen LogP contribution in [0.15, 0.2) is 18.5 Å². The van der Waals surface area contributed by atoms with Gasteiger partial charge in [-0.25, -0.2) is 22.7 Å². The molecule has 1 spiro atoms. The second-order valence-electron chi connectivity index (χ2n) is 5.80. The van der Waals surface area contributed by atoms with Crippen LogP contribution in [0, 0.1) is 5.41 Å². The van der Waals surface area contributed by atoms with E-state index in [0.717, 1.165) is 25.5 Å². The van der Waals surface area contributed by atoms with Gasteiger partial charge in [0.2, 0.25) is 16.0 Å². The molecule has 0 atom stereocenters. The molecule has 3 rings (SSSR count). The van der Waals surface area contributed by atoms with Gasteiger partial charge < -0.3 is 4.90 Å². The number of aromatic nitrogens is 2. The topological polar surface area (TPSA) is 66.4 Å². The fraction of sp³-hybridized carbons (Fsp3) is 0.692. The van der Waals surface area contributed by atoms with Crippen LogP contribution in [0.2, 0.25) is 0 Å². The maximum atomic E-state index is 12.0. The summed E-state index contributed by atoms with van der Waals surface area (Å²) >= 11 is 0. The molecule has 3 heterocycles. The Labute approximate surface area is 119 Å². The Balaban J connectivity index is 1.63. The predicted octanol–water partition coefficient (Wildman–Crippen LogP) is 0.728. The number of sulfonamides is 1. The van der Waals surface area contributed by atoms with Crippen LogP contribution in [0.1, 0.15) is 19.8 Å². The summed E-state index contributed by atoms with van der Waals surface area (Å²) in [4.78, 5) is 10.7. The number of hydrogen-bond acceptors (Lipinski definition) is 5. The van der Waals surface area contributed by atoms with Gasteiger partial charge in [0.25, 0.3) is 0 Å². The van der Waals surface area contributed by atoms with Crippen molar-refractivity contribution in [2.45, 2.75) is 19.8 Å². The SMILES string of the molecule is CCCS(=O)(=O)N1CC2(CCN(c3ncccn3)C2)C1. The van der Waals surface area contributed by atoms with Crippen LogP contribution in [0.25, 0.3) is 0 Å². The van der Waals surface area contributed by atoms with Crippen LogP contribution in [-0.4, -0.2) is 54.6 Å². The molecule has 0 bridgehead atoms. The minimum absolute atomic E-state index is 0.111. The summed E-state index contributed by atoms with van der Waals surface area (Å²) < 4.78 is 25.6. The zero-order valence-corrected chi connectivity index (χ0v) is 12.5. The lowest BCUT2D eigenvalue weighted by Crippen LogP contribution is -2.59. The number of anilines is 1. The second-order valence-corrected chi connectivity index (χ2v) is 7.89. The molecule has 2 aliphatic heterocycles. The Morgan fingerprint density at radius 1 is 1.25 bits per heavy atom. The van der Waals surface area contributed by atoms with E-state index in [-0.39, 0.29) is 11.2 Å². The lowest BCUT2D eigenvalue weighted by atomic mass is 9.81. The monoisotopic (exact) mass is 296 g/mol. The summed E-state index contributed by atoms with van der Waals surface area (Å²) in [6.07, 6.45) is 5.18. The lowest BCUT2D eigenvalue weighted by molar-refractivity contribution is 0.0936. The molecule has 0 aromatic carbocycles. The third kappa shape index (κ3) is 2.40. The van der Waals surface area contributed by atoms with Crippen LogP contribution >= 0.6 is 0 Å². The first-order valence-electron chi connectivity index (χ1n) is 7.04. The Morgan fingerprint density at radius 3 is 2.60 bits per heavy atom. The van der Waals surface area contributed by atoms with Crippen LogP contribution in [0.3, 0.4) is 0 Å². The number of nitrogens with zero attached hydrogens (tertiary/aromatic N) is 4. The minimum Gasteiger partial charge on any atom is -0.340 e. The van der Waals surface area contributed by atoms with E-state index in [1.807, 2.05) is 6.92 Å². The van der Waals surface area contributed by atoms with Gasteiger partial charge in [0.15, 0.2) is 0 Å². The molecule has 0 radical (unpaired) electrons. The molecule has 0 unspecified atom stereocenters. The summed E-state index contributed by atoms with van der Waals surface area (Å²) in [5.74, 6) is 1.01. The highest BCUT2D eigenvalue weighted by Crippen LogP contribution is 2.41. The molecule has 0 amide bonds. The Hall–Kier alpha value is -1.21. The zero-order valence-electron chi connectivity index (χ0n) is 11.7. The van der Waals surface area contributed by atoms with Crippen molar-refractivity contribution in [3.63, 3.8) is 0 Å². The van der Waals surface area contributed by atoms with Gasteiger partial charge in [-0.05, 0) is 18.9 Å². The highest BCUT2D eigenvalue weighted by molar-refractivity contribution is 7.89. The fourth-order valence-corrected chi connectivity index (χ4v) is 4.82. The largest absolute Gasteiger partial charge is 0.340 e. The lowest BCUT2D eigenvalue weighted by Gasteiger charge is -2.46. The molecule has 2 aliphatic rings. The number of hydrogen-bond donors (Lipinski definition) is 0. The third-order valence-electron chi connectivity index (χ3n) is 4.15. The molecular formula is C13H20N4O2S. The van der Waals surface area contributed by atoms with Gasteiger partial charge >= 0.3 is 0 Å². The summed E-state index contributed by atoms with van der Waals surface area (Å²) in [6.45, 7) is 4.97. The maximum absolute atomic E-state index is 12.0. The van der Waals surface area contributed by atoms with Crippen molar-refractivity contribution in [2.75, 3.05) is 36.8 Å². The third-order valence-corrected chi connectivity index (χ3v) is 6.12. The van der Waals surface area contributed by atoms with Crippen molar-refractivity contribution in [2.24, 2.45) is 5.41 Å². The van der Waals surface area contributed by atoms with Crippen LogP contribution in [0.4, 0.5) is 5.95 Å². The van der Waals surface area contributed by atoms with Crippen molar-refractivity contribution >= 4 is 16.0 Å². The van der Waals surface area contributed by atoms with Crippen molar-refractivity contribution < 1.29 is 8.42 Å². The van der Waals surface area contributed by atoms with Gasteiger partial charge in [-0.15, -0.1) is 0 Å². The Kier molecular flexibility index (Phi) is 3.41. The van der Waals surface area contributed by atoms with E-state index >= 15 is 0 Å². The second kappa shape index (κ2) is 4.96. The Bertz CT molecular complexity index is 569.